The average Bonchev–Trinajstić information content (AvgIpc) is 2.94. The number of ether oxygens (including phenoxy) is 1. The highest BCUT2D eigenvalue weighted by molar-refractivity contribution is 7.11. The number of nitrogens with zero attached hydrogens (tertiary/aromatic N) is 1. The summed E-state index contributed by atoms with van der Waals surface area (Å²) >= 11 is 1.48. The molecule has 0 aliphatic carbocycles. The molecule has 0 aliphatic heterocycles. The molecule has 0 amide bonds. The summed E-state index contributed by atoms with van der Waals surface area (Å²) in [7, 11) is 0. The van der Waals surface area contributed by atoms with Gasteiger partial charge in [0.1, 0.15) is 5.01 Å². The zero-order valence-corrected chi connectivity index (χ0v) is 12.7. The van der Waals surface area contributed by atoms with Crippen LogP contribution in [0.2, 0.25) is 0 Å². The van der Waals surface area contributed by atoms with Crippen molar-refractivity contribution in [2.45, 2.75) is 26.2 Å². The number of aromatic nitrogens is 1. The number of hydrogen-bond donors (Lipinski definition) is 0. The second-order valence-electron chi connectivity index (χ2n) is 4.53. The van der Waals surface area contributed by atoms with Crippen LogP contribution in [0.25, 0.3) is 0 Å². The monoisotopic (exact) mass is 303 g/mol. The zero-order chi connectivity index (χ0) is 15.1. The van der Waals surface area contributed by atoms with E-state index >= 15 is 0 Å². The number of ketones is 1. The van der Waals surface area contributed by atoms with E-state index in [0.29, 0.717) is 5.01 Å². The number of carbonyl (C=O) groups excluding carboxylic acids is 2. The molecule has 0 spiro atoms. The fourth-order valence-electron chi connectivity index (χ4n) is 1.88. The first-order chi connectivity index (χ1) is 10.2. The maximum Gasteiger partial charge on any atom is 0.375 e. The van der Waals surface area contributed by atoms with Crippen molar-refractivity contribution in [3.8, 4) is 0 Å². The van der Waals surface area contributed by atoms with Gasteiger partial charge in [0.2, 0.25) is 5.78 Å². The molecule has 110 valence electrons. The van der Waals surface area contributed by atoms with Gasteiger partial charge in [0.05, 0.1) is 13.0 Å². The minimum absolute atomic E-state index is 0.0227. The summed E-state index contributed by atoms with van der Waals surface area (Å²) in [6.45, 7) is 1.89. The topological polar surface area (TPSA) is 56.3 Å². The number of aryl methyl sites for hydroxylation is 2. The Hall–Kier alpha value is -2.01. The predicted octanol–water partition coefficient (Wildman–Crippen LogP) is 2.60. The first-order valence-electron chi connectivity index (χ1n) is 6.86. The lowest BCUT2D eigenvalue weighted by Gasteiger charge is -1.99. The Bertz CT molecular complexity index is 607. The van der Waals surface area contributed by atoms with Gasteiger partial charge in [-0.15, -0.1) is 11.3 Å². The van der Waals surface area contributed by atoms with Gasteiger partial charge in [0, 0.05) is 11.1 Å². The lowest BCUT2D eigenvalue weighted by molar-refractivity contribution is -0.153. The Labute approximate surface area is 127 Å². The molecule has 0 atom stereocenters. The van der Waals surface area contributed by atoms with Gasteiger partial charge in [-0.1, -0.05) is 30.3 Å². The van der Waals surface area contributed by atoms with E-state index in [1.54, 1.807) is 13.1 Å². The van der Waals surface area contributed by atoms with E-state index in [2.05, 4.69) is 21.9 Å². The van der Waals surface area contributed by atoms with E-state index in [-0.39, 0.29) is 13.0 Å². The number of rotatable bonds is 7. The van der Waals surface area contributed by atoms with Crippen LogP contribution in [0, 0.1) is 0 Å². The Morgan fingerprint density at radius 3 is 2.67 bits per heavy atom. The summed E-state index contributed by atoms with van der Waals surface area (Å²) in [5.74, 6) is -1.32. The van der Waals surface area contributed by atoms with Gasteiger partial charge in [-0.25, -0.2) is 9.78 Å². The Balaban J connectivity index is 1.87. The van der Waals surface area contributed by atoms with Crippen molar-refractivity contribution in [3.05, 3.63) is 52.0 Å². The molecule has 0 radical (unpaired) electrons. The third kappa shape index (κ3) is 4.79. The van der Waals surface area contributed by atoms with Crippen LogP contribution in [-0.2, 0) is 33.6 Å². The van der Waals surface area contributed by atoms with Crippen molar-refractivity contribution in [2.24, 2.45) is 0 Å². The summed E-state index contributed by atoms with van der Waals surface area (Å²) in [5.41, 5.74) is 1.27. The van der Waals surface area contributed by atoms with Gasteiger partial charge in [-0.05, 0) is 25.3 Å². The maximum absolute atomic E-state index is 11.6. The van der Waals surface area contributed by atoms with E-state index in [9.17, 15) is 9.59 Å². The Morgan fingerprint density at radius 2 is 1.95 bits per heavy atom. The fraction of sp³-hybridized carbons (Fsp3) is 0.312. The number of carbonyl (C=O) groups is 2. The largest absolute Gasteiger partial charge is 0.460 e. The molecule has 2 aromatic rings. The highest BCUT2D eigenvalue weighted by Gasteiger charge is 2.17. The van der Waals surface area contributed by atoms with Gasteiger partial charge >= 0.3 is 5.97 Å². The average molecular weight is 303 g/mol. The van der Waals surface area contributed by atoms with Gasteiger partial charge < -0.3 is 4.74 Å². The number of Topliss-reactive ketones (excluding diaryl/α,β-unsaturated/α-hetero) is 1. The fourth-order valence-corrected chi connectivity index (χ4v) is 2.80. The molecule has 2 rings (SSSR count). The SMILES string of the molecule is CCOC(=O)C(=O)Cc1ncc(CCc2ccccc2)s1. The molecule has 0 saturated heterocycles. The molecule has 1 aromatic carbocycles. The van der Waals surface area contributed by atoms with Crippen LogP contribution in [0.1, 0.15) is 22.4 Å². The first kappa shape index (κ1) is 15.4. The van der Waals surface area contributed by atoms with Crippen LogP contribution in [0.5, 0.6) is 0 Å². The first-order valence-corrected chi connectivity index (χ1v) is 7.68. The summed E-state index contributed by atoms with van der Waals surface area (Å²) in [6, 6.07) is 10.2. The molecule has 5 heteroatoms. The van der Waals surface area contributed by atoms with Gasteiger partial charge in [-0.2, -0.15) is 0 Å². The number of esters is 1. The quantitative estimate of drug-likeness (QED) is 0.583. The second kappa shape index (κ2) is 7.69. The van der Waals surface area contributed by atoms with Gasteiger partial charge in [0.25, 0.3) is 0 Å². The molecule has 0 aliphatic rings. The van der Waals surface area contributed by atoms with Gasteiger partial charge in [0.15, 0.2) is 0 Å². The van der Waals surface area contributed by atoms with Crippen molar-refractivity contribution >= 4 is 23.1 Å². The van der Waals surface area contributed by atoms with Crippen molar-refractivity contribution < 1.29 is 14.3 Å². The van der Waals surface area contributed by atoms with Crippen LogP contribution < -0.4 is 0 Å². The number of thiazole rings is 1. The Morgan fingerprint density at radius 1 is 1.19 bits per heavy atom. The summed E-state index contributed by atoms with van der Waals surface area (Å²) in [4.78, 5) is 28.2. The van der Waals surface area contributed by atoms with Crippen molar-refractivity contribution in [1.82, 2.24) is 4.98 Å². The van der Waals surface area contributed by atoms with E-state index in [1.807, 2.05) is 18.2 Å². The minimum Gasteiger partial charge on any atom is -0.460 e. The lowest BCUT2D eigenvalue weighted by atomic mass is 10.1. The zero-order valence-electron chi connectivity index (χ0n) is 11.9. The Kier molecular flexibility index (Phi) is 5.63. The number of benzene rings is 1. The molecule has 4 nitrogen and oxygen atoms in total. The molecule has 21 heavy (non-hydrogen) atoms. The standard InChI is InChI=1S/C16H17NO3S/c1-2-20-16(19)14(18)10-15-17-11-13(21-15)9-8-12-6-4-3-5-7-12/h3-7,11H,2,8-10H2,1H3. The van der Waals surface area contributed by atoms with Crippen LogP contribution >= 0.6 is 11.3 Å². The summed E-state index contributed by atoms with van der Waals surface area (Å²) in [6.07, 6.45) is 3.62. The van der Waals surface area contributed by atoms with Crippen LogP contribution in [-0.4, -0.2) is 23.3 Å². The predicted molar refractivity (Wildman–Crippen MR) is 81.3 cm³/mol. The highest BCUT2D eigenvalue weighted by Crippen LogP contribution is 2.16. The molecule has 0 saturated carbocycles. The minimum atomic E-state index is -0.779. The second-order valence-corrected chi connectivity index (χ2v) is 5.73. The lowest BCUT2D eigenvalue weighted by Crippen LogP contribution is -2.19. The normalized spacial score (nSPS) is 10.3. The van der Waals surface area contributed by atoms with Crippen molar-refractivity contribution in [2.75, 3.05) is 6.61 Å². The van der Waals surface area contributed by atoms with Crippen LogP contribution in [0.15, 0.2) is 36.5 Å². The summed E-state index contributed by atoms with van der Waals surface area (Å²) in [5, 5.41) is 0.663. The van der Waals surface area contributed by atoms with Crippen LogP contribution in [0.4, 0.5) is 0 Å². The van der Waals surface area contributed by atoms with E-state index in [1.165, 1.54) is 16.9 Å². The third-order valence-corrected chi connectivity index (χ3v) is 3.98. The van der Waals surface area contributed by atoms with Crippen LogP contribution in [0.3, 0.4) is 0 Å². The highest BCUT2D eigenvalue weighted by atomic mass is 32.1. The molecule has 0 N–H and O–H groups in total. The number of hydrogen-bond acceptors (Lipinski definition) is 5. The van der Waals surface area contributed by atoms with Gasteiger partial charge in [-0.3, -0.25) is 4.79 Å². The molecule has 0 unspecified atom stereocenters. The molecular formula is C16H17NO3S. The smallest absolute Gasteiger partial charge is 0.375 e. The molecule has 1 aromatic heterocycles. The maximum atomic E-state index is 11.6. The summed E-state index contributed by atoms with van der Waals surface area (Å²) < 4.78 is 4.68. The molecule has 0 bridgehead atoms. The van der Waals surface area contributed by atoms with Crippen molar-refractivity contribution in [3.63, 3.8) is 0 Å². The van der Waals surface area contributed by atoms with E-state index in [4.69, 9.17) is 0 Å². The van der Waals surface area contributed by atoms with E-state index < -0.39 is 11.8 Å². The van der Waals surface area contributed by atoms with Crippen molar-refractivity contribution in [1.29, 1.82) is 0 Å². The molecular weight excluding hydrogens is 286 g/mol. The van der Waals surface area contributed by atoms with E-state index in [0.717, 1.165) is 17.7 Å². The molecule has 1 heterocycles. The molecule has 0 fully saturated rings. The third-order valence-electron chi connectivity index (χ3n) is 2.92.